The molecule has 3 rings (SSSR count). The predicted octanol–water partition coefficient (Wildman–Crippen LogP) is 5.52. The van der Waals surface area contributed by atoms with Crippen LogP contribution in [0.1, 0.15) is 5.76 Å². The number of aryl methyl sites for hydroxylation is 1. The Labute approximate surface area is 165 Å². The third-order valence-electron chi connectivity index (χ3n) is 3.69. The number of hydrogen-bond donors (Lipinski definition) is 0. The molecule has 0 aliphatic carbocycles. The van der Waals surface area contributed by atoms with Crippen molar-refractivity contribution in [3.8, 4) is 22.4 Å². The van der Waals surface area contributed by atoms with Gasteiger partial charge in [0.25, 0.3) is 0 Å². The number of rotatable bonds is 3. The lowest BCUT2D eigenvalue weighted by Crippen LogP contribution is -2.03. The van der Waals surface area contributed by atoms with Crippen LogP contribution in [0.25, 0.3) is 22.4 Å². The fourth-order valence-electron chi connectivity index (χ4n) is 2.58. The third-order valence-corrected chi connectivity index (χ3v) is 5.72. The van der Waals surface area contributed by atoms with Gasteiger partial charge in [-0.3, -0.25) is 0 Å². The van der Waals surface area contributed by atoms with Gasteiger partial charge in [-0.25, -0.2) is 17.2 Å². The summed E-state index contributed by atoms with van der Waals surface area (Å²) in [6, 6.07) is 6.85. The van der Waals surface area contributed by atoms with Gasteiger partial charge in [-0.15, -0.1) is 0 Å². The van der Waals surface area contributed by atoms with Gasteiger partial charge in [-0.05, 0) is 37.3 Å². The molecule has 2 aromatic carbocycles. The maximum Gasteiger partial charge on any atom is 0.178 e. The van der Waals surface area contributed by atoms with Crippen molar-refractivity contribution in [3.63, 3.8) is 0 Å². The summed E-state index contributed by atoms with van der Waals surface area (Å²) in [5.41, 5.74) is 1.06. The van der Waals surface area contributed by atoms with Gasteiger partial charge in [0, 0.05) is 26.3 Å². The summed E-state index contributed by atoms with van der Waals surface area (Å²) in [6.45, 7) is 1.57. The van der Waals surface area contributed by atoms with E-state index in [9.17, 15) is 17.2 Å². The van der Waals surface area contributed by atoms with Crippen molar-refractivity contribution in [1.82, 2.24) is 5.16 Å². The van der Waals surface area contributed by atoms with Crippen LogP contribution in [0, 0.1) is 18.6 Å². The van der Waals surface area contributed by atoms with E-state index in [-0.39, 0.29) is 16.9 Å². The predicted molar refractivity (Wildman–Crippen MR) is 101 cm³/mol. The van der Waals surface area contributed by atoms with E-state index in [2.05, 4.69) is 37.0 Å². The Bertz CT molecular complexity index is 1110. The largest absolute Gasteiger partial charge is 0.360 e. The van der Waals surface area contributed by atoms with Gasteiger partial charge < -0.3 is 4.52 Å². The molecule has 0 spiro atoms. The van der Waals surface area contributed by atoms with Gasteiger partial charge in [0.05, 0.1) is 5.56 Å². The highest BCUT2D eigenvalue weighted by atomic mass is 79.9. The smallest absolute Gasteiger partial charge is 0.178 e. The molecule has 9 heteroatoms. The molecule has 3 aromatic rings. The van der Waals surface area contributed by atoms with Crippen LogP contribution < -0.4 is 0 Å². The zero-order valence-corrected chi connectivity index (χ0v) is 17.5. The average molecular weight is 507 g/mol. The Balaban J connectivity index is 2.26. The minimum Gasteiger partial charge on any atom is -0.360 e. The summed E-state index contributed by atoms with van der Waals surface area (Å²) in [5.74, 6) is -1.64. The standard InChI is InChI=1S/C17H11Br2F2NO3S/c1-8-16(12-6-14(21)15(7-13(12)20)26(2,23)24)17(22-25-8)9-3-10(18)5-11(19)4-9/h3-7H,1-2H3. The van der Waals surface area contributed by atoms with Gasteiger partial charge in [0.2, 0.25) is 0 Å². The number of halogens is 4. The number of hydrogen-bond acceptors (Lipinski definition) is 4. The first-order chi connectivity index (χ1) is 12.1. The number of benzene rings is 2. The van der Waals surface area contributed by atoms with E-state index < -0.39 is 26.4 Å². The van der Waals surface area contributed by atoms with E-state index in [0.29, 0.717) is 17.3 Å². The molecule has 0 saturated carbocycles. The summed E-state index contributed by atoms with van der Waals surface area (Å²) < 4.78 is 58.8. The Morgan fingerprint density at radius 1 is 1.00 bits per heavy atom. The normalized spacial score (nSPS) is 11.8. The van der Waals surface area contributed by atoms with Gasteiger partial charge >= 0.3 is 0 Å². The Kier molecular flexibility index (Phi) is 5.06. The van der Waals surface area contributed by atoms with E-state index in [4.69, 9.17) is 4.52 Å². The molecule has 0 saturated heterocycles. The van der Waals surface area contributed by atoms with Crippen LogP contribution in [0.2, 0.25) is 0 Å². The van der Waals surface area contributed by atoms with Crippen molar-refractivity contribution < 1.29 is 21.7 Å². The minimum absolute atomic E-state index is 0.125. The second kappa shape index (κ2) is 6.86. The Hall–Kier alpha value is -1.58. The SMILES string of the molecule is Cc1onc(-c2cc(Br)cc(Br)c2)c1-c1cc(F)c(S(C)(=O)=O)cc1F. The van der Waals surface area contributed by atoms with Crippen molar-refractivity contribution in [3.05, 3.63) is 56.7 Å². The van der Waals surface area contributed by atoms with Crippen molar-refractivity contribution in [2.45, 2.75) is 11.8 Å². The first-order valence-electron chi connectivity index (χ1n) is 7.20. The van der Waals surface area contributed by atoms with Crippen LogP contribution in [-0.4, -0.2) is 19.8 Å². The van der Waals surface area contributed by atoms with E-state index >= 15 is 0 Å². The first kappa shape index (κ1) is 19.2. The number of aromatic nitrogens is 1. The fourth-order valence-corrected chi connectivity index (χ4v) is 4.61. The Morgan fingerprint density at radius 3 is 2.19 bits per heavy atom. The second-order valence-electron chi connectivity index (χ2n) is 5.66. The molecule has 0 aliphatic rings. The average Bonchev–Trinajstić information content (AvgIpc) is 2.88. The molecule has 0 aliphatic heterocycles. The lowest BCUT2D eigenvalue weighted by atomic mass is 9.99. The summed E-state index contributed by atoms with van der Waals surface area (Å²) in [7, 11) is -3.89. The topological polar surface area (TPSA) is 60.2 Å². The maximum absolute atomic E-state index is 14.6. The van der Waals surface area contributed by atoms with Crippen LogP contribution in [0.3, 0.4) is 0 Å². The molecule has 0 atom stereocenters. The number of nitrogens with zero attached hydrogens (tertiary/aromatic N) is 1. The molecule has 0 fully saturated rings. The summed E-state index contributed by atoms with van der Waals surface area (Å²) in [5, 5.41) is 3.96. The summed E-state index contributed by atoms with van der Waals surface area (Å²) >= 11 is 6.73. The van der Waals surface area contributed by atoms with Gasteiger partial charge in [-0.2, -0.15) is 0 Å². The zero-order chi connectivity index (χ0) is 19.2. The molecule has 0 radical (unpaired) electrons. The van der Waals surface area contributed by atoms with Crippen molar-refractivity contribution in [1.29, 1.82) is 0 Å². The molecule has 1 heterocycles. The monoisotopic (exact) mass is 505 g/mol. The van der Waals surface area contributed by atoms with Gasteiger partial charge in [0.1, 0.15) is 28.0 Å². The molecule has 136 valence electrons. The van der Waals surface area contributed by atoms with Crippen LogP contribution in [0.4, 0.5) is 8.78 Å². The van der Waals surface area contributed by atoms with Crippen LogP contribution >= 0.6 is 31.9 Å². The van der Waals surface area contributed by atoms with Crippen molar-refractivity contribution >= 4 is 41.7 Å². The van der Waals surface area contributed by atoms with Crippen LogP contribution in [0.5, 0.6) is 0 Å². The lowest BCUT2D eigenvalue weighted by Gasteiger charge is -2.08. The summed E-state index contributed by atoms with van der Waals surface area (Å²) in [6.07, 6.45) is 0.819. The molecule has 0 unspecified atom stereocenters. The van der Waals surface area contributed by atoms with Gasteiger partial charge in [-0.1, -0.05) is 37.0 Å². The van der Waals surface area contributed by atoms with Gasteiger partial charge in [0.15, 0.2) is 9.84 Å². The van der Waals surface area contributed by atoms with Crippen LogP contribution in [0.15, 0.2) is 48.7 Å². The first-order valence-corrected chi connectivity index (χ1v) is 10.7. The molecule has 0 amide bonds. The maximum atomic E-state index is 14.6. The zero-order valence-electron chi connectivity index (χ0n) is 13.5. The van der Waals surface area contributed by atoms with E-state index in [1.165, 1.54) is 0 Å². The van der Waals surface area contributed by atoms with E-state index in [1.54, 1.807) is 19.1 Å². The number of sulfone groups is 1. The Morgan fingerprint density at radius 2 is 1.62 bits per heavy atom. The molecule has 0 bridgehead atoms. The highest BCUT2D eigenvalue weighted by molar-refractivity contribution is 9.11. The summed E-state index contributed by atoms with van der Waals surface area (Å²) in [4.78, 5) is -0.695. The molecule has 26 heavy (non-hydrogen) atoms. The fraction of sp³-hybridized carbons (Fsp3) is 0.118. The highest BCUT2D eigenvalue weighted by Gasteiger charge is 2.24. The second-order valence-corrected chi connectivity index (χ2v) is 9.47. The molecule has 4 nitrogen and oxygen atoms in total. The molecular weight excluding hydrogens is 496 g/mol. The van der Waals surface area contributed by atoms with Crippen LogP contribution in [-0.2, 0) is 9.84 Å². The van der Waals surface area contributed by atoms with E-state index in [1.807, 2.05) is 6.07 Å². The van der Waals surface area contributed by atoms with E-state index in [0.717, 1.165) is 21.3 Å². The lowest BCUT2D eigenvalue weighted by molar-refractivity contribution is 0.400. The highest BCUT2D eigenvalue weighted by Crippen LogP contribution is 2.38. The quantitative estimate of drug-likeness (QED) is 0.469. The molecule has 0 N–H and O–H groups in total. The third kappa shape index (κ3) is 3.60. The molecular formula is C17H11Br2F2NO3S. The minimum atomic E-state index is -3.89. The van der Waals surface area contributed by atoms with Crippen molar-refractivity contribution in [2.75, 3.05) is 6.26 Å². The molecule has 1 aromatic heterocycles. The van der Waals surface area contributed by atoms with Crippen molar-refractivity contribution in [2.24, 2.45) is 0 Å².